The van der Waals surface area contributed by atoms with Crippen LogP contribution in [0.3, 0.4) is 0 Å². The van der Waals surface area contributed by atoms with Crippen LogP contribution in [0.25, 0.3) is 66.7 Å². The van der Waals surface area contributed by atoms with Gasteiger partial charge in [-0.05, 0) is 99.8 Å². The van der Waals surface area contributed by atoms with Gasteiger partial charge < -0.3 is 4.57 Å². The summed E-state index contributed by atoms with van der Waals surface area (Å²) in [7, 11) is 0. The standard InChI is InChI=1S/C45H41N3.C2H6.H2S/c1-44(2,3)33-21-25-40-37(28-33)38-29-34(45(4,5)6)22-26-41(38)47(40)36-23-19-30(20-24-36)31-13-12-14-32(27-31)43-46-39-17-10-11-18-42(39)48(43)35-15-8-7-9-16-35;1-2;/h7-29H,1-6H3;1-2H3;1H2. The molecule has 0 aliphatic heterocycles. The molecule has 2 aromatic heterocycles. The minimum atomic E-state index is 0. The average Bonchev–Trinajstić information content (AvgIpc) is 3.68. The van der Waals surface area contributed by atoms with Gasteiger partial charge in [-0.3, -0.25) is 4.57 Å². The van der Waals surface area contributed by atoms with E-state index in [1.807, 2.05) is 13.8 Å². The molecule has 0 radical (unpaired) electrons. The average molecular weight is 688 g/mol. The number of imidazole rings is 1. The molecule has 0 unspecified atom stereocenters. The Kier molecular flexibility index (Phi) is 9.76. The Hall–Kier alpha value is -5.06. The van der Waals surface area contributed by atoms with Crippen LogP contribution >= 0.6 is 13.5 Å². The van der Waals surface area contributed by atoms with E-state index in [9.17, 15) is 0 Å². The molecule has 2 heterocycles. The normalized spacial score (nSPS) is 11.8. The van der Waals surface area contributed by atoms with E-state index in [4.69, 9.17) is 4.98 Å². The van der Waals surface area contributed by atoms with E-state index in [1.165, 1.54) is 38.5 Å². The number of fused-ring (bicyclic) bond motifs is 4. The lowest BCUT2D eigenvalue weighted by Crippen LogP contribution is -2.10. The van der Waals surface area contributed by atoms with E-state index in [-0.39, 0.29) is 24.3 Å². The van der Waals surface area contributed by atoms with Crippen molar-refractivity contribution in [3.8, 4) is 33.9 Å². The van der Waals surface area contributed by atoms with Crippen molar-refractivity contribution in [2.45, 2.75) is 66.2 Å². The molecule has 258 valence electrons. The second-order valence-corrected chi connectivity index (χ2v) is 15.0. The molecule has 0 N–H and O–H groups in total. The molecule has 8 aromatic rings. The molecular weight excluding hydrogens is 639 g/mol. The van der Waals surface area contributed by atoms with Crippen LogP contribution in [0, 0.1) is 0 Å². The summed E-state index contributed by atoms with van der Waals surface area (Å²) in [6.07, 6.45) is 0. The van der Waals surface area contributed by atoms with Gasteiger partial charge in [0.15, 0.2) is 0 Å². The van der Waals surface area contributed by atoms with Gasteiger partial charge in [0, 0.05) is 27.7 Å². The largest absolute Gasteiger partial charge is 0.309 e. The highest BCUT2D eigenvalue weighted by Gasteiger charge is 2.21. The Morgan fingerprint density at radius 3 is 1.55 bits per heavy atom. The first-order chi connectivity index (χ1) is 24.1. The van der Waals surface area contributed by atoms with Gasteiger partial charge in [-0.25, -0.2) is 4.98 Å². The molecular formula is C47H49N3S. The first-order valence-electron chi connectivity index (χ1n) is 17.9. The first kappa shape index (κ1) is 35.8. The van der Waals surface area contributed by atoms with E-state index >= 15 is 0 Å². The molecule has 4 heteroatoms. The van der Waals surface area contributed by atoms with E-state index in [0.29, 0.717) is 0 Å². The van der Waals surface area contributed by atoms with Crippen LogP contribution in [0.5, 0.6) is 0 Å². The molecule has 0 saturated heterocycles. The van der Waals surface area contributed by atoms with E-state index in [0.717, 1.165) is 39.4 Å². The molecule has 0 aliphatic carbocycles. The summed E-state index contributed by atoms with van der Waals surface area (Å²) >= 11 is 0. The van der Waals surface area contributed by atoms with Gasteiger partial charge in [0.1, 0.15) is 5.82 Å². The SMILES string of the molecule is CC.CC(C)(C)c1ccc2c(c1)c1cc(C(C)(C)C)ccc1n2-c1ccc(-c2cccc(-c3nc4ccccc4n3-c3ccccc3)c2)cc1.S. The minimum Gasteiger partial charge on any atom is -0.309 e. The number of hydrogen-bond acceptors (Lipinski definition) is 1. The van der Waals surface area contributed by atoms with Gasteiger partial charge >= 0.3 is 0 Å². The second kappa shape index (κ2) is 13.9. The number of nitrogens with zero attached hydrogens (tertiary/aromatic N) is 3. The Bertz CT molecular complexity index is 2380. The fourth-order valence-corrected chi connectivity index (χ4v) is 6.93. The lowest BCUT2D eigenvalue weighted by molar-refractivity contribution is 0.590. The third-order valence-electron chi connectivity index (χ3n) is 9.65. The minimum absolute atomic E-state index is 0. The topological polar surface area (TPSA) is 22.8 Å². The van der Waals surface area contributed by atoms with Gasteiger partial charge in [0.05, 0.1) is 22.1 Å². The highest BCUT2D eigenvalue weighted by Crippen LogP contribution is 2.38. The van der Waals surface area contributed by atoms with Crippen molar-refractivity contribution >= 4 is 46.3 Å². The van der Waals surface area contributed by atoms with Crippen molar-refractivity contribution in [2.24, 2.45) is 0 Å². The molecule has 0 saturated carbocycles. The Labute approximate surface area is 310 Å². The first-order valence-corrected chi connectivity index (χ1v) is 17.9. The summed E-state index contributed by atoms with van der Waals surface area (Å²) in [5, 5.41) is 2.61. The fraction of sp³-hybridized carbons (Fsp3) is 0.213. The van der Waals surface area contributed by atoms with Gasteiger partial charge in [-0.2, -0.15) is 13.5 Å². The van der Waals surface area contributed by atoms with Crippen LogP contribution in [-0.4, -0.2) is 14.1 Å². The fourth-order valence-electron chi connectivity index (χ4n) is 6.93. The van der Waals surface area contributed by atoms with E-state index < -0.39 is 0 Å². The molecule has 0 bridgehead atoms. The van der Waals surface area contributed by atoms with Gasteiger partial charge in [-0.15, -0.1) is 0 Å². The summed E-state index contributed by atoms with van der Waals surface area (Å²) in [4.78, 5) is 5.10. The lowest BCUT2D eigenvalue weighted by atomic mass is 9.85. The van der Waals surface area contributed by atoms with Crippen LogP contribution in [-0.2, 0) is 10.8 Å². The van der Waals surface area contributed by atoms with Crippen LogP contribution in [0.15, 0.2) is 140 Å². The molecule has 0 atom stereocenters. The highest BCUT2D eigenvalue weighted by atomic mass is 32.1. The Morgan fingerprint density at radius 2 is 0.961 bits per heavy atom. The van der Waals surface area contributed by atoms with Crippen LogP contribution in [0.4, 0.5) is 0 Å². The predicted molar refractivity (Wildman–Crippen MR) is 225 cm³/mol. The lowest BCUT2D eigenvalue weighted by Gasteiger charge is -2.19. The number of para-hydroxylation sites is 3. The second-order valence-electron chi connectivity index (χ2n) is 15.0. The zero-order chi connectivity index (χ0) is 35.2. The zero-order valence-corrected chi connectivity index (χ0v) is 32.1. The van der Waals surface area contributed by atoms with Crippen molar-refractivity contribution < 1.29 is 0 Å². The Morgan fingerprint density at radius 1 is 0.431 bits per heavy atom. The molecule has 51 heavy (non-hydrogen) atoms. The van der Waals surface area contributed by atoms with E-state index in [1.54, 1.807) is 0 Å². The maximum absolute atomic E-state index is 5.10. The quantitative estimate of drug-likeness (QED) is 0.181. The predicted octanol–water partition coefficient (Wildman–Crippen LogP) is 13.2. The molecule has 6 aromatic carbocycles. The number of aromatic nitrogens is 3. The summed E-state index contributed by atoms with van der Waals surface area (Å²) in [5.74, 6) is 0.940. The Balaban J connectivity index is 0.00000147. The van der Waals surface area contributed by atoms with Crippen LogP contribution in [0.2, 0.25) is 0 Å². The maximum Gasteiger partial charge on any atom is 0.145 e. The molecule has 8 rings (SSSR count). The monoisotopic (exact) mass is 687 g/mol. The highest BCUT2D eigenvalue weighted by molar-refractivity contribution is 7.59. The van der Waals surface area contributed by atoms with Crippen molar-refractivity contribution in [2.75, 3.05) is 0 Å². The number of hydrogen-bond donors (Lipinski definition) is 0. The molecule has 0 amide bonds. The number of rotatable bonds is 4. The van der Waals surface area contributed by atoms with Crippen molar-refractivity contribution in [1.29, 1.82) is 0 Å². The number of benzene rings is 6. The summed E-state index contributed by atoms with van der Waals surface area (Å²) in [6.45, 7) is 17.7. The summed E-state index contributed by atoms with van der Waals surface area (Å²) < 4.78 is 4.68. The third-order valence-corrected chi connectivity index (χ3v) is 9.65. The molecule has 0 spiro atoms. The zero-order valence-electron chi connectivity index (χ0n) is 31.1. The van der Waals surface area contributed by atoms with Crippen molar-refractivity contribution in [1.82, 2.24) is 14.1 Å². The van der Waals surface area contributed by atoms with Gasteiger partial charge in [0.2, 0.25) is 0 Å². The smallest absolute Gasteiger partial charge is 0.145 e. The van der Waals surface area contributed by atoms with Crippen molar-refractivity contribution in [3.05, 3.63) is 151 Å². The van der Waals surface area contributed by atoms with Crippen LogP contribution < -0.4 is 0 Å². The van der Waals surface area contributed by atoms with Crippen LogP contribution in [0.1, 0.15) is 66.5 Å². The molecule has 0 fully saturated rings. The summed E-state index contributed by atoms with van der Waals surface area (Å²) in [5.41, 5.74) is 13.1. The third kappa shape index (κ3) is 6.61. The van der Waals surface area contributed by atoms with Crippen molar-refractivity contribution in [3.63, 3.8) is 0 Å². The molecule has 0 aliphatic rings. The van der Waals surface area contributed by atoms with E-state index in [2.05, 4.69) is 190 Å². The van der Waals surface area contributed by atoms with Gasteiger partial charge in [-0.1, -0.05) is 128 Å². The summed E-state index contributed by atoms with van der Waals surface area (Å²) in [6, 6.07) is 50.6. The van der Waals surface area contributed by atoms with Gasteiger partial charge in [0.25, 0.3) is 0 Å². The molecule has 3 nitrogen and oxygen atoms in total. The maximum atomic E-state index is 5.10.